The van der Waals surface area contributed by atoms with Gasteiger partial charge in [0, 0.05) is 12.1 Å². The lowest BCUT2D eigenvalue weighted by molar-refractivity contribution is -0.153. The zero-order valence-corrected chi connectivity index (χ0v) is 21.7. The maximum absolute atomic E-state index is 10.9. The van der Waals surface area contributed by atoms with Crippen molar-refractivity contribution in [2.24, 2.45) is 76.1 Å². The third kappa shape index (κ3) is 3.51. The summed E-state index contributed by atoms with van der Waals surface area (Å²) in [4.78, 5) is 0. The summed E-state index contributed by atoms with van der Waals surface area (Å²) in [6, 6.07) is -0.258. The lowest BCUT2D eigenvalue weighted by Gasteiger charge is -2.62. The summed E-state index contributed by atoms with van der Waals surface area (Å²) < 4.78 is 0. The Kier molecular flexibility index (Phi) is 6.73. The lowest BCUT2D eigenvalue weighted by atomic mass is 9.43. The number of hydrogen-bond acceptors (Lipinski definition) is 4. The van der Waals surface area contributed by atoms with Crippen molar-refractivity contribution < 1.29 is 10.2 Å². The highest BCUT2D eigenvalue weighted by atomic mass is 16.3. The van der Waals surface area contributed by atoms with Gasteiger partial charge in [-0.1, -0.05) is 53.4 Å². The van der Waals surface area contributed by atoms with E-state index in [1.54, 1.807) is 0 Å². The predicted octanol–water partition coefficient (Wildman–Crippen LogP) is 4.56. The molecule has 0 heterocycles. The zero-order valence-electron chi connectivity index (χ0n) is 21.7. The van der Waals surface area contributed by atoms with Crippen LogP contribution in [0.25, 0.3) is 0 Å². The van der Waals surface area contributed by atoms with Crippen molar-refractivity contribution >= 4 is 0 Å². The summed E-state index contributed by atoms with van der Waals surface area (Å²) in [5, 5.41) is 21.9. The summed E-state index contributed by atoms with van der Waals surface area (Å²) in [5.41, 5.74) is 13.9. The highest BCUT2D eigenvalue weighted by Gasteiger charge is 2.68. The van der Waals surface area contributed by atoms with Gasteiger partial charge in [-0.15, -0.1) is 0 Å². The van der Waals surface area contributed by atoms with E-state index in [1.165, 1.54) is 51.4 Å². The molecule has 0 amide bonds. The van der Waals surface area contributed by atoms with Gasteiger partial charge in [-0.25, -0.2) is 0 Å². The van der Waals surface area contributed by atoms with Gasteiger partial charge >= 0.3 is 0 Å². The van der Waals surface area contributed by atoms with Crippen molar-refractivity contribution in [1.82, 2.24) is 0 Å². The van der Waals surface area contributed by atoms with Crippen LogP contribution in [0.4, 0.5) is 0 Å². The first-order chi connectivity index (χ1) is 15.7. The minimum Gasteiger partial charge on any atom is -0.391 e. The second kappa shape index (κ2) is 9.05. The minimum absolute atomic E-state index is 0.129. The predicted molar refractivity (Wildman–Crippen MR) is 134 cm³/mol. The second-order valence-electron chi connectivity index (χ2n) is 13.6. The van der Waals surface area contributed by atoms with Crippen molar-refractivity contribution in [3.05, 3.63) is 0 Å². The molecule has 0 aromatic heterocycles. The van der Waals surface area contributed by atoms with E-state index in [0.29, 0.717) is 23.7 Å². The van der Waals surface area contributed by atoms with Gasteiger partial charge in [-0.05, 0) is 103 Å². The van der Waals surface area contributed by atoms with Crippen LogP contribution in [0.1, 0.15) is 91.9 Å². The molecule has 5 saturated carbocycles. The highest BCUT2D eigenvalue weighted by Crippen LogP contribution is 2.73. The van der Waals surface area contributed by atoms with Gasteiger partial charge in [0.2, 0.25) is 0 Å². The third-order valence-electron chi connectivity index (χ3n) is 12.4. The number of aliphatic hydroxyl groups is 2. The molecule has 5 fully saturated rings. The fourth-order valence-corrected chi connectivity index (χ4v) is 11.0. The smallest absolute Gasteiger partial charge is 0.0719 e. The van der Waals surface area contributed by atoms with Gasteiger partial charge < -0.3 is 21.7 Å². The SMILES string of the molecule is CC1CC(C2(C3CC(C)C(O)C(N)C3C)C3CCCCC3C3CCCCC32)C(C)C(N)C1O. The van der Waals surface area contributed by atoms with Gasteiger partial charge in [0.25, 0.3) is 0 Å². The van der Waals surface area contributed by atoms with Crippen LogP contribution in [0.5, 0.6) is 0 Å². The molecule has 0 radical (unpaired) electrons. The van der Waals surface area contributed by atoms with Crippen LogP contribution in [-0.4, -0.2) is 34.5 Å². The molecule has 0 bridgehead atoms. The summed E-state index contributed by atoms with van der Waals surface area (Å²) in [7, 11) is 0. The van der Waals surface area contributed by atoms with Crippen LogP contribution in [0.3, 0.4) is 0 Å². The van der Waals surface area contributed by atoms with E-state index >= 15 is 0 Å². The van der Waals surface area contributed by atoms with Gasteiger partial charge in [-0.3, -0.25) is 0 Å². The molecule has 0 spiro atoms. The van der Waals surface area contributed by atoms with Crippen molar-refractivity contribution in [3.63, 3.8) is 0 Å². The van der Waals surface area contributed by atoms with E-state index in [4.69, 9.17) is 11.5 Å². The van der Waals surface area contributed by atoms with Gasteiger partial charge in [-0.2, -0.15) is 0 Å². The van der Waals surface area contributed by atoms with Gasteiger partial charge in [0.15, 0.2) is 0 Å². The van der Waals surface area contributed by atoms with E-state index in [-0.39, 0.29) is 41.5 Å². The molecule has 190 valence electrons. The Hall–Kier alpha value is -0.160. The molecule has 0 aliphatic heterocycles. The van der Waals surface area contributed by atoms with Crippen LogP contribution in [0.2, 0.25) is 0 Å². The van der Waals surface area contributed by atoms with Crippen LogP contribution in [0, 0.1) is 64.6 Å². The standard InChI is InChI=1S/C29H52N2O2/c1-15-13-23(17(3)25(30)27(15)32)29(24-14-16(2)28(33)26(31)18(24)4)21-11-7-5-9-19(21)20-10-6-8-12-22(20)29/h15-28,32-33H,5-14,30-31H2,1-4H3. The quantitative estimate of drug-likeness (QED) is 0.486. The van der Waals surface area contributed by atoms with Crippen LogP contribution >= 0.6 is 0 Å². The van der Waals surface area contributed by atoms with Crippen LogP contribution in [-0.2, 0) is 0 Å². The van der Waals surface area contributed by atoms with Gasteiger partial charge in [0.05, 0.1) is 12.2 Å². The van der Waals surface area contributed by atoms with E-state index in [2.05, 4.69) is 27.7 Å². The molecule has 4 heteroatoms. The molecule has 5 rings (SSSR count). The van der Waals surface area contributed by atoms with Crippen LogP contribution in [0.15, 0.2) is 0 Å². The van der Waals surface area contributed by atoms with E-state index in [9.17, 15) is 10.2 Å². The van der Waals surface area contributed by atoms with Crippen molar-refractivity contribution in [3.8, 4) is 0 Å². The molecule has 33 heavy (non-hydrogen) atoms. The number of nitrogens with two attached hydrogens (primary N) is 2. The number of rotatable bonds is 2. The molecule has 0 aromatic rings. The first-order valence-electron chi connectivity index (χ1n) is 14.6. The molecular formula is C29H52N2O2. The van der Waals surface area contributed by atoms with Crippen molar-refractivity contribution in [2.45, 2.75) is 116 Å². The first kappa shape index (κ1) is 24.5. The summed E-state index contributed by atoms with van der Waals surface area (Å²) >= 11 is 0. The molecule has 0 aromatic carbocycles. The summed E-state index contributed by atoms with van der Waals surface area (Å²) in [6.07, 6.45) is 12.6. The number of aliphatic hydroxyl groups excluding tert-OH is 2. The second-order valence-corrected chi connectivity index (χ2v) is 13.6. The Balaban J connectivity index is 1.67. The minimum atomic E-state index is -0.384. The average molecular weight is 461 g/mol. The topological polar surface area (TPSA) is 92.5 Å². The zero-order chi connectivity index (χ0) is 23.7. The Labute approximate surface area is 202 Å². The molecular weight excluding hydrogens is 408 g/mol. The summed E-state index contributed by atoms with van der Waals surface area (Å²) in [6.45, 7) is 9.22. The first-order valence-corrected chi connectivity index (χ1v) is 14.6. The average Bonchev–Trinajstić information content (AvgIpc) is 3.12. The molecule has 0 saturated heterocycles. The van der Waals surface area contributed by atoms with E-state index in [0.717, 1.165) is 36.5 Å². The van der Waals surface area contributed by atoms with Crippen molar-refractivity contribution in [1.29, 1.82) is 0 Å². The fourth-order valence-electron chi connectivity index (χ4n) is 11.0. The molecule has 4 nitrogen and oxygen atoms in total. The van der Waals surface area contributed by atoms with Crippen LogP contribution < -0.4 is 11.5 Å². The lowest BCUT2D eigenvalue weighted by Crippen LogP contribution is -2.63. The summed E-state index contributed by atoms with van der Waals surface area (Å²) in [5.74, 6) is 5.64. The monoisotopic (exact) mass is 460 g/mol. The fraction of sp³-hybridized carbons (Fsp3) is 1.00. The Morgan fingerprint density at radius 1 is 0.576 bits per heavy atom. The Morgan fingerprint density at radius 2 is 0.939 bits per heavy atom. The maximum Gasteiger partial charge on any atom is 0.0719 e. The van der Waals surface area contributed by atoms with Crippen molar-refractivity contribution in [2.75, 3.05) is 0 Å². The van der Waals surface area contributed by atoms with E-state index in [1.807, 2.05) is 0 Å². The maximum atomic E-state index is 10.9. The largest absolute Gasteiger partial charge is 0.391 e. The molecule has 14 unspecified atom stereocenters. The normalized spacial score (nSPS) is 59.6. The molecule has 5 aliphatic rings. The Bertz CT molecular complexity index is 641. The Morgan fingerprint density at radius 3 is 1.33 bits per heavy atom. The molecule has 14 atom stereocenters. The van der Waals surface area contributed by atoms with Gasteiger partial charge in [0.1, 0.15) is 0 Å². The molecule has 5 aliphatic carbocycles. The third-order valence-corrected chi connectivity index (χ3v) is 12.4. The molecule has 6 N–H and O–H groups in total. The highest BCUT2D eigenvalue weighted by molar-refractivity contribution is 5.17. The number of hydrogen-bond donors (Lipinski definition) is 4. The number of fused-ring (bicyclic) bond motifs is 3. The van der Waals surface area contributed by atoms with E-state index < -0.39 is 0 Å².